The van der Waals surface area contributed by atoms with Crippen molar-refractivity contribution < 1.29 is 5.11 Å². The average molecular weight is 340 g/mol. The van der Waals surface area contributed by atoms with Gasteiger partial charge in [0.1, 0.15) is 5.82 Å². The summed E-state index contributed by atoms with van der Waals surface area (Å²) in [5.74, 6) is 1.28. The SMILES string of the molecule is Nc1nc2c(c(N3CCC(O)(c4cccnc4)CC3)n1)CCNCC2. The second-order valence-electron chi connectivity index (χ2n) is 6.84. The molecule has 25 heavy (non-hydrogen) atoms. The van der Waals surface area contributed by atoms with Crippen LogP contribution in [0.2, 0.25) is 0 Å². The van der Waals surface area contributed by atoms with Crippen LogP contribution in [0.3, 0.4) is 0 Å². The molecule has 0 unspecified atom stereocenters. The van der Waals surface area contributed by atoms with Gasteiger partial charge >= 0.3 is 0 Å². The average Bonchev–Trinajstić information content (AvgIpc) is 2.88. The minimum absolute atomic E-state index is 0.337. The monoisotopic (exact) mass is 340 g/mol. The summed E-state index contributed by atoms with van der Waals surface area (Å²) in [5.41, 5.74) is 8.29. The topological polar surface area (TPSA) is 100 Å². The van der Waals surface area contributed by atoms with Gasteiger partial charge in [-0.15, -0.1) is 0 Å². The van der Waals surface area contributed by atoms with Crippen LogP contribution in [0.1, 0.15) is 29.7 Å². The lowest BCUT2D eigenvalue weighted by atomic mass is 9.85. The summed E-state index contributed by atoms with van der Waals surface area (Å²) in [4.78, 5) is 15.4. The number of nitrogens with one attached hydrogen (secondary N) is 1. The summed E-state index contributed by atoms with van der Waals surface area (Å²) in [6, 6.07) is 3.82. The normalized spacial score (nSPS) is 20.0. The Hall–Kier alpha value is -2.25. The molecule has 2 aromatic rings. The Labute approximate surface area is 147 Å². The molecule has 7 heteroatoms. The number of piperidine rings is 1. The van der Waals surface area contributed by atoms with Gasteiger partial charge < -0.3 is 21.1 Å². The first-order valence-corrected chi connectivity index (χ1v) is 8.89. The highest BCUT2D eigenvalue weighted by atomic mass is 16.3. The lowest BCUT2D eigenvalue weighted by Crippen LogP contribution is -2.43. The zero-order valence-electron chi connectivity index (χ0n) is 14.3. The number of rotatable bonds is 2. The molecule has 7 nitrogen and oxygen atoms in total. The molecule has 4 rings (SSSR count). The maximum Gasteiger partial charge on any atom is 0.222 e. The number of aromatic nitrogens is 3. The molecule has 0 saturated carbocycles. The van der Waals surface area contributed by atoms with Crippen LogP contribution in [0.15, 0.2) is 24.5 Å². The molecular formula is C18H24N6O. The van der Waals surface area contributed by atoms with Crippen LogP contribution >= 0.6 is 0 Å². The highest BCUT2D eigenvalue weighted by Crippen LogP contribution is 2.35. The maximum atomic E-state index is 11.0. The molecule has 0 aromatic carbocycles. The molecule has 0 radical (unpaired) electrons. The van der Waals surface area contributed by atoms with E-state index in [-0.39, 0.29) is 0 Å². The van der Waals surface area contributed by atoms with Crippen LogP contribution in [0.25, 0.3) is 0 Å². The van der Waals surface area contributed by atoms with E-state index in [4.69, 9.17) is 5.73 Å². The molecular weight excluding hydrogens is 316 g/mol. The van der Waals surface area contributed by atoms with E-state index in [1.54, 1.807) is 12.4 Å². The van der Waals surface area contributed by atoms with E-state index >= 15 is 0 Å². The number of nitrogens with two attached hydrogens (primary N) is 1. The summed E-state index contributed by atoms with van der Waals surface area (Å²) in [5, 5.41) is 14.4. The van der Waals surface area contributed by atoms with Gasteiger partial charge in [-0.25, -0.2) is 4.98 Å². The number of hydrogen-bond acceptors (Lipinski definition) is 7. The maximum absolute atomic E-state index is 11.0. The molecule has 1 fully saturated rings. The van der Waals surface area contributed by atoms with E-state index in [0.29, 0.717) is 18.8 Å². The van der Waals surface area contributed by atoms with Crippen LogP contribution in [0, 0.1) is 0 Å². The van der Waals surface area contributed by atoms with Crippen molar-refractivity contribution in [1.29, 1.82) is 0 Å². The second kappa shape index (κ2) is 6.57. The molecule has 0 amide bonds. The van der Waals surface area contributed by atoms with Crippen molar-refractivity contribution in [3.63, 3.8) is 0 Å². The molecule has 0 bridgehead atoms. The van der Waals surface area contributed by atoms with Crippen LogP contribution < -0.4 is 16.0 Å². The van der Waals surface area contributed by atoms with Gasteiger partial charge in [-0.05, 0) is 31.9 Å². The fourth-order valence-electron chi connectivity index (χ4n) is 3.82. The molecule has 2 aliphatic rings. The van der Waals surface area contributed by atoms with Crippen molar-refractivity contribution in [2.45, 2.75) is 31.3 Å². The number of nitrogen functional groups attached to an aromatic ring is 1. The van der Waals surface area contributed by atoms with Crippen molar-refractivity contribution in [3.05, 3.63) is 41.3 Å². The summed E-state index contributed by atoms with van der Waals surface area (Å²) in [7, 11) is 0. The number of anilines is 2. The van der Waals surface area contributed by atoms with Crippen molar-refractivity contribution in [2.24, 2.45) is 0 Å². The number of nitrogens with zero attached hydrogens (tertiary/aromatic N) is 4. The van der Waals surface area contributed by atoms with E-state index < -0.39 is 5.60 Å². The molecule has 4 heterocycles. The Morgan fingerprint density at radius 3 is 2.72 bits per heavy atom. The van der Waals surface area contributed by atoms with Gasteiger partial charge in [0.05, 0.1) is 11.3 Å². The Balaban J connectivity index is 1.58. The Kier molecular flexibility index (Phi) is 4.27. The van der Waals surface area contributed by atoms with Crippen LogP contribution in [-0.2, 0) is 18.4 Å². The zero-order valence-corrected chi connectivity index (χ0v) is 14.3. The van der Waals surface area contributed by atoms with E-state index in [1.165, 1.54) is 5.56 Å². The summed E-state index contributed by atoms with van der Waals surface area (Å²) >= 11 is 0. The van der Waals surface area contributed by atoms with E-state index in [0.717, 1.165) is 56.1 Å². The van der Waals surface area contributed by atoms with Crippen molar-refractivity contribution in [2.75, 3.05) is 36.8 Å². The minimum Gasteiger partial charge on any atom is -0.385 e. The lowest BCUT2D eigenvalue weighted by Gasteiger charge is -2.39. The Morgan fingerprint density at radius 1 is 1.16 bits per heavy atom. The van der Waals surface area contributed by atoms with Gasteiger partial charge in [-0.3, -0.25) is 4.98 Å². The third kappa shape index (κ3) is 3.17. The molecule has 2 aliphatic heterocycles. The highest BCUT2D eigenvalue weighted by Gasteiger charge is 2.35. The van der Waals surface area contributed by atoms with Crippen LogP contribution in [-0.4, -0.2) is 46.2 Å². The van der Waals surface area contributed by atoms with Gasteiger partial charge in [-0.1, -0.05) is 6.07 Å². The summed E-state index contributed by atoms with van der Waals surface area (Å²) in [6.45, 7) is 3.33. The van der Waals surface area contributed by atoms with Gasteiger partial charge in [0.2, 0.25) is 5.95 Å². The molecule has 4 N–H and O–H groups in total. The number of pyridine rings is 1. The third-order valence-electron chi connectivity index (χ3n) is 5.27. The lowest BCUT2D eigenvalue weighted by molar-refractivity contribution is 0.0113. The molecule has 1 saturated heterocycles. The predicted molar refractivity (Wildman–Crippen MR) is 96.3 cm³/mol. The third-order valence-corrected chi connectivity index (χ3v) is 5.27. The standard InChI is InChI=1S/C18H24N6O/c19-17-22-15-4-9-20-8-3-14(15)16(23-17)24-10-5-18(25,6-11-24)13-2-1-7-21-12-13/h1-2,7,12,20,25H,3-6,8-11H2,(H2,19,22,23). The second-order valence-corrected chi connectivity index (χ2v) is 6.84. The zero-order chi connectivity index (χ0) is 17.3. The van der Waals surface area contributed by atoms with Gasteiger partial charge in [0, 0.05) is 49.6 Å². The molecule has 0 atom stereocenters. The smallest absolute Gasteiger partial charge is 0.222 e. The van der Waals surface area contributed by atoms with E-state index in [9.17, 15) is 5.11 Å². The van der Waals surface area contributed by atoms with Crippen LogP contribution in [0.4, 0.5) is 11.8 Å². The number of aliphatic hydroxyl groups is 1. The largest absolute Gasteiger partial charge is 0.385 e. The first-order chi connectivity index (χ1) is 12.2. The van der Waals surface area contributed by atoms with E-state index in [2.05, 4.69) is 25.2 Å². The van der Waals surface area contributed by atoms with Gasteiger partial charge in [0.15, 0.2) is 0 Å². The van der Waals surface area contributed by atoms with Gasteiger partial charge in [0.25, 0.3) is 0 Å². The van der Waals surface area contributed by atoms with Crippen molar-refractivity contribution in [3.8, 4) is 0 Å². The highest BCUT2D eigenvalue weighted by molar-refractivity contribution is 5.53. The van der Waals surface area contributed by atoms with Crippen molar-refractivity contribution in [1.82, 2.24) is 20.3 Å². The molecule has 0 aliphatic carbocycles. The fraction of sp³-hybridized carbons (Fsp3) is 0.500. The van der Waals surface area contributed by atoms with Crippen LogP contribution in [0.5, 0.6) is 0 Å². The molecule has 0 spiro atoms. The first-order valence-electron chi connectivity index (χ1n) is 8.89. The first kappa shape index (κ1) is 16.2. The predicted octanol–water partition coefficient (Wildman–Crippen LogP) is 0.630. The van der Waals surface area contributed by atoms with E-state index in [1.807, 2.05) is 12.1 Å². The Morgan fingerprint density at radius 2 is 1.96 bits per heavy atom. The number of fused-ring (bicyclic) bond motifs is 1. The van der Waals surface area contributed by atoms with Gasteiger partial charge in [-0.2, -0.15) is 4.98 Å². The summed E-state index contributed by atoms with van der Waals surface area (Å²) < 4.78 is 0. The van der Waals surface area contributed by atoms with Crippen molar-refractivity contribution >= 4 is 11.8 Å². The number of hydrogen-bond donors (Lipinski definition) is 3. The minimum atomic E-state index is -0.818. The quantitative estimate of drug-likeness (QED) is 0.737. The molecule has 2 aromatic heterocycles. The summed E-state index contributed by atoms with van der Waals surface area (Å²) in [6.07, 6.45) is 6.58. The fourth-order valence-corrected chi connectivity index (χ4v) is 3.82. The Bertz CT molecular complexity index is 743. The molecule has 132 valence electrons.